The number of amides is 1. The number of carbonyl (C=O) groups excluding carboxylic acids is 1. The SMILES string of the molecule is O=C(CSc1nnc(-c2cccs2)o1)NCCOc1ccccc1. The minimum Gasteiger partial charge on any atom is -0.492 e. The molecule has 0 aliphatic carbocycles. The molecule has 1 amide bonds. The summed E-state index contributed by atoms with van der Waals surface area (Å²) in [7, 11) is 0. The van der Waals surface area contributed by atoms with E-state index in [1.54, 1.807) is 0 Å². The van der Waals surface area contributed by atoms with Gasteiger partial charge < -0.3 is 14.5 Å². The number of rotatable bonds is 8. The van der Waals surface area contributed by atoms with Crippen molar-refractivity contribution in [1.29, 1.82) is 0 Å². The lowest BCUT2D eigenvalue weighted by molar-refractivity contribution is -0.118. The smallest absolute Gasteiger partial charge is 0.277 e. The van der Waals surface area contributed by atoms with Crippen LogP contribution < -0.4 is 10.1 Å². The molecular formula is C16H15N3O3S2. The molecule has 124 valence electrons. The van der Waals surface area contributed by atoms with Gasteiger partial charge in [-0.3, -0.25) is 4.79 Å². The Bertz CT molecular complexity index is 760. The van der Waals surface area contributed by atoms with Crippen LogP contribution in [0, 0.1) is 0 Å². The molecule has 0 aliphatic heterocycles. The fourth-order valence-electron chi connectivity index (χ4n) is 1.82. The van der Waals surface area contributed by atoms with E-state index in [4.69, 9.17) is 9.15 Å². The van der Waals surface area contributed by atoms with Crippen LogP contribution in [0.4, 0.5) is 0 Å². The van der Waals surface area contributed by atoms with Crippen molar-refractivity contribution in [2.75, 3.05) is 18.9 Å². The van der Waals surface area contributed by atoms with E-state index < -0.39 is 0 Å². The van der Waals surface area contributed by atoms with Crippen LogP contribution in [0.25, 0.3) is 10.8 Å². The van der Waals surface area contributed by atoms with Gasteiger partial charge in [0.2, 0.25) is 5.91 Å². The van der Waals surface area contributed by atoms with E-state index in [1.165, 1.54) is 23.1 Å². The lowest BCUT2D eigenvalue weighted by Crippen LogP contribution is -2.29. The van der Waals surface area contributed by atoms with Gasteiger partial charge in [0.25, 0.3) is 11.1 Å². The van der Waals surface area contributed by atoms with Gasteiger partial charge in [0.1, 0.15) is 12.4 Å². The van der Waals surface area contributed by atoms with Crippen molar-refractivity contribution in [2.24, 2.45) is 0 Å². The molecule has 2 heterocycles. The van der Waals surface area contributed by atoms with Crippen LogP contribution in [0.2, 0.25) is 0 Å². The summed E-state index contributed by atoms with van der Waals surface area (Å²) in [5, 5.41) is 13.0. The lowest BCUT2D eigenvalue weighted by atomic mass is 10.3. The maximum atomic E-state index is 11.8. The largest absolute Gasteiger partial charge is 0.492 e. The maximum Gasteiger partial charge on any atom is 0.277 e. The van der Waals surface area contributed by atoms with Gasteiger partial charge in [0.15, 0.2) is 0 Å². The standard InChI is InChI=1S/C16H15N3O3S2/c20-14(17-8-9-21-12-5-2-1-3-6-12)11-24-16-19-18-15(22-16)13-7-4-10-23-13/h1-7,10H,8-9,11H2,(H,17,20). The predicted molar refractivity (Wildman–Crippen MR) is 93.3 cm³/mol. The van der Waals surface area contributed by atoms with E-state index in [-0.39, 0.29) is 11.7 Å². The molecule has 0 saturated heterocycles. The van der Waals surface area contributed by atoms with E-state index in [9.17, 15) is 4.79 Å². The van der Waals surface area contributed by atoms with Crippen molar-refractivity contribution in [3.63, 3.8) is 0 Å². The summed E-state index contributed by atoms with van der Waals surface area (Å²) in [5.74, 6) is 1.38. The third-order valence-corrected chi connectivity index (χ3v) is 4.58. The molecule has 3 aromatic rings. The highest BCUT2D eigenvalue weighted by Gasteiger charge is 2.11. The minimum absolute atomic E-state index is 0.104. The second-order valence-electron chi connectivity index (χ2n) is 4.65. The molecule has 0 spiro atoms. The maximum absolute atomic E-state index is 11.8. The average molecular weight is 361 g/mol. The summed E-state index contributed by atoms with van der Waals surface area (Å²) in [6.07, 6.45) is 0. The van der Waals surface area contributed by atoms with Crippen molar-refractivity contribution < 1.29 is 13.9 Å². The van der Waals surface area contributed by atoms with E-state index in [2.05, 4.69) is 15.5 Å². The highest BCUT2D eigenvalue weighted by atomic mass is 32.2. The van der Waals surface area contributed by atoms with Crippen LogP contribution in [0.15, 0.2) is 57.5 Å². The monoisotopic (exact) mass is 361 g/mol. The molecule has 2 aromatic heterocycles. The number of para-hydroxylation sites is 1. The van der Waals surface area contributed by atoms with E-state index in [0.29, 0.717) is 24.3 Å². The second-order valence-corrected chi connectivity index (χ2v) is 6.52. The first-order chi connectivity index (χ1) is 11.8. The Morgan fingerprint density at radius 1 is 1.21 bits per heavy atom. The van der Waals surface area contributed by atoms with Crippen molar-refractivity contribution >= 4 is 29.0 Å². The number of ether oxygens (including phenoxy) is 1. The fourth-order valence-corrected chi connectivity index (χ4v) is 3.06. The zero-order valence-electron chi connectivity index (χ0n) is 12.7. The van der Waals surface area contributed by atoms with Gasteiger partial charge >= 0.3 is 0 Å². The van der Waals surface area contributed by atoms with Gasteiger partial charge in [-0.15, -0.1) is 21.5 Å². The number of thiophene rings is 1. The van der Waals surface area contributed by atoms with Gasteiger partial charge in [0, 0.05) is 0 Å². The first-order valence-electron chi connectivity index (χ1n) is 7.26. The molecule has 0 fully saturated rings. The Labute approximate surface area is 147 Å². The highest BCUT2D eigenvalue weighted by molar-refractivity contribution is 7.99. The predicted octanol–water partition coefficient (Wildman–Crippen LogP) is 3.09. The molecular weight excluding hydrogens is 346 g/mol. The average Bonchev–Trinajstić information content (AvgIpc) is 3.29. The van der Waals surface area contributed by atoms with Crippen molar-refractivity contribution in [3.8, 4) is 16.5 Å². The van der Waals surface area contributed by atoms with E-state index in [0.717, 1.165) is 10.6 Å². The minimum atomic E-state index is -0.104. The molecule has 24 heavy (non-hydrogen) atoms. The summed E-state index contributed by atoms with van der Waals surface area (Å²) in [5.41, 5.74) is 0. The van der Waals surface area contributed by atoms with Crippen molar-refractivity contribution in [2.45, 2.75) is 5.22 Å². The Hall–Kier alpha value is -2.32. The summed E-state index contributed by atoms with van der Waals surface area (Å²) in [4.78, 5) is 12.7. The third-order valence-electron chi connectivity index (χ3n) is 2.90. The van der Waals surface area contributed by atoms with Gasteiger partial charge in [0.05, 0.1) is 17.2 Å². The molecule has 1 aromatic carbocycles. The molecule has 0 aliphatic rings. The Morgan fingerprint density at radius 3 is 2.88 bits per heavy atom. The van der Waals surface area contributed by atoms with Crippen LogP contribution in [0.5, 0.6) is 5.75 Å². The summed E-state index contributed by atoms with van der Waals surface area (Å²) >= 11 is 2.74. The normalized spacial score (nSPS) is 10.5. The number of hydrogen-bond donors (Lipinski definition) is 1. The third kappa shape index (κ3) is 4.84. The van der Waals surface area contributed by atoms with Crippen LogP contribution >= 0.6 is 23.1 Å². The molecule has 0 atom stereocenters. The van der Waals surface area contributed by atoms with Crippen LogP contribution in [0.1, 0.15) is 0 Å². The molecule has 0 radical (unpaired) electrons. The van der Waals surface area contributed by atoms with Gasteiger partial charge in [-0.1, -0.05) is 36.0 Å². The molecule has 3 rings (SSSR count). The fraction of sp³-hybridized carbons (Fsp3) is 0.188. The number of benzene rings is 1. The second kappa shape index (κ2) is 8.51. The topological polar surface area (TPSA) is 77.2 Å². The van der Waals surface area contributed by atoms with Gasteiger partial charge in [-0.05, 0) is 23.6 Å². The van der Waals surface area contributed by atoms with Crippen LogP contribution in [0.3, 0.4) is 0 Å². The summed E-state index contributed by atoms with van der Waals surface area (Å²) in [6.45, 7) is 0.863. The number of aromatic nitrogens is 2. The van der Waals surface area contributed by atoms with Crippen molar-refractivity contribution in [1.82, 2.24) is 15.5 Å². The van der Waals surface area contributed by atoms with Crippen LogP contribution in [-0.2, 0) is 4.79 Å². The molecule has 6 nitrogen and oxygen atoms in total. The Morgan fingerprint density at radius 2 is 2.08 bits per heavy atom. The number of nitrogens with one attached hydrogen (secondary N) is 1. The summed E-state index contributed by atoms with van der Waals surface area (Å²) < 4.78 is 11.0. The number of carbonyl (C=O) groups is 1. The number of thioether (sulfide) groups is 1. The van der Waals surface area contributed by atoms with Crippen molar-refractivity contribution in [3.05, 3.63) is 47.8 Å². The molecule has 8 heteroatoms. The number of nitrogens with zero attached hydrogens (tertiary/aromatic N) is 2. The Kier molecular flexibility index (Phi) is 5.86. The number of hydrogen-bond acceptors (Lipinski definition) is 7. The van der Waals surface area contributed by atoms with Gasteiger partial charge in [-0.2, -0.15) is 0 Å². The first kappa shape index (κ1) is 16.5. The quantitative estimate of drug-likeness (QED) is 0.491. The van der Waals surface area contributed by atoms with E-state index >= 15 is 0 Å². The molecule has 1 N–H and O–H groups in total. The van der Waals surface area contributed by atoms with Gasteiger partial charge in [-0.25, -0.2) is 0 Å². The lowest BCUT2D eigenvalue weighted by Gasteiger charge is -2.06. The summed E-state index contributed by atoms with van der Waals surface area (Å²) in [6, 6.07) is 13.3. The first-order valence-corrected chi connectivity index (χ1v) is 9.12. The molecule has 0 bridgehead atoms. The molecule has 0 unspecified atom stereocenters. The Balaban J connectivity index is 1.35. The zero-order valence-corrected chi connectivity index (χ0v) is 14.3. The molecule has 0 saturated carbocycles. The zero-order chi connectivity index (χ0) is 16.6. The highest BCUT2D eigenvalue weighted by Crippen LogP contribution is 2.26. The van der Waals surface area contributed by atoms with E-state index in [1.807, 2.05) is 47.8 Å². The van der Waals surface area contributed by atoms with Crippen LogP contribution in [-0.4, -0.2) is 35.0 Å².